The molecule has 0 aliphatic carbocycles. The Bertz CT molecular complexity index is 992. The lowest BCUT2D eigenvalue weighted by Gasteiger charge is -2.02. The maximum atomic E-state index is 14.0. The lowest BCUT2D eigenvalue weighted by atomic mass is 10.1. The van der Waals surface area contributed by atoms with Gasteiger partial charge in [-0.15, -0.1) is 0 Å². The van der Waals surface area contributed by atoms with Gasteiger partial charge in [0.2, 0.25) is 4.77 Å². The first-order valence-electron chi connectivity index (χ1n) is 7.25. The molecule has 0 spiro atoms. The van der Waals surface area contributed by atoms with Crippen LogP contribution >= 0.6 is 12.2 Å². The largest absolute Gasteiger partial charge is 0.465 e. The third-order valence-electron chi connectivity index (χ3n) is 3.42. The Hall–Kier alpha value is -3.13. The van der Waals surface area contributed by atoms with Crippen molar-refractivity contribution in [1.82, 2.24) is 14.9 Å². The van der Waals surface area contributed by atoms with Crippen molar-refractivity contribution in [3.63, 3.8) is 0 Å². The molecular formula is C17H13FN4O2S. The van der Waals surface area contributed by atoms with Crippen molar-refractivity contribution in [1.29, 1.82) is 0 Å². The molecule has 2 aromatic carbocycles. The van der Waals surface area contributed by atoms with E-state index < -0.39 is 11.8 Å². The van der Waals surface area contributed by atoms with Gasteiger partial charge in [0.25, 0.3) is 0 Å². The first-order valence-corrected chi connectivity index (χ1v) is 7.66. The van der Waals surface area contributed by atoms with E-state index in [4.69, 9.17) is 12.2 Å². The van der Waals surface area contributed by atoms with Gasteiger partial charge in [0.15, 0.2) is 5.82 Å². The standard InChI is InChI=1S/C17H13FN4O2S/c1-24-16(23)12-8-6-11(7-9-12)10-19-22-15(20-21-17(22)25)13-4-2-3-5-14(13)18/h2-10H,1H3,(H,21,25)/b19-10-. The smallest absolute Gasteiger partial charge is 0.337 e. The van der Waals surface area contributed by atoms with Gasteiger partial charge < -0.3 is 4.74 Å². The van der Waals surface area contributed by atoms with Crippen molar-refractivity contribution in [3.8, 4) is 11.4 Å². The third kappa shape index (κ3) is 3.53. The second kappa shape index (κ2) is 7.18. The molecule has 0 bridgehead atoms. The molecule has 0 unspecified atom stereocenters. The van der Waals surface area contributed by atoms with Gasteiger partial charge in [-0.2, -0.15) is 14.9 Å². The molecule has 0 aliphatic heterocycles. The van der Waals surface area contributed by atoms with Crippen LogP contribution in [0.4, 0.5) is 4.39 Å². The minimum absolute atomic E-state index is 0.237. The van der Waals surface area contributed by atoms with E-state index in [1.165, 1.54) is 24.1 Å². The third-order valence-corrected chi connectivity index (χ3v) is 3.68. The average Bonchev–Trinajstić information content (AvgIpc) is 3.00. The second-order valence-electron chi connectivity index (χ2n) is 5.00. The van der Waals surface area contributed by atoms with Gasteiger partial charge in [-0.25, -0.2) is 14.3 Å². The zero-order valence-corrected chi connectivity index (χ0v) is 14.0. The van der Waals surface area contributed by atoms with E-state index in [0.29, 0.717) is 5.56 Å². The number of rotatable bonds is 4. The van der Waals surface area contributed by atoms with Crippen LogP contribution in [0.3, 0.4) is 0 Å². The zero-order valence-electron chi connectivity index (χ0n) is 13.1. The van der Waals surface area contributed by atoms with Crippen molar-refractivity contribution in [3.05, 3.63) is 70.2 Å². The molecule has 0 fully saturated rings. The van der Waals surface area contributed by atoms with E-state index in [1.807, 2.05) is 0 Å². The Balaban J connectivity index is 1.92. The summed E-state index contributed by atoms with van der Waals surface area (Å²) in [4.78, 5) is 11.4. The van der Waals surface area contributed by atoms with E-state index in [-0.39, 0.29) is 16.2 Å². The molecule has 1 aromatic heterocycles. The molecule has 3 rings (SSSR count). The summed E-state index contributed by atoms with van der Waals surface area (Å²) in [6, 6.07) is 12.9. The number of ether oxygens (including phenoxy) is 1. The molecule has 8 heteroatoms. The SMILES string of the molecule is COC(=O)c1ccc(/C=N\n2c(-c3ccccc3F)n[nH]c2=S)cc1. The minimum atomic E-state index is -0.421. The minimum Gasteiger partial charge on any atom is -0.465 e. The first-order chi connectivity index (χ1) is 12.1. The molecule has 0 radical (unpaired) electrons. The number of nitrogens with zero attached hydrogens (tertiary/aromatic N) is 3. The number of benzene rings is 2. The molecule has 1 heterocycles. The maximum absolute atomic E-state index is 14.0. The number of nitrogens with one attached hydrogen (secondary N) is 1. The van der Waals surface area contributed by atoms with Gasteiger partial charge in [0.05, 0.1) is 24.5 Å². The summed E-state index contributed by atoms with van der Waals surface area (Å²) >= 11 is 5.15. The highest BCUT2D eigenvalue weighted by Gasteiger charge is 2.12. The summed E-state index contributed by atoms with van der Waals surface area (Å²) in [6.07, 6.45) is 1.54. The number of carbonyl (C=O) groups excluding carboxylic acids is 1. The van der Waals surface area contributed by atoms with Crippen LogP contribution in [0.2, 0.25) is 0 Å². The Kier molecular flexibility index (Phi) is 4.80. The van der Waals surface area contributed by atoms with Crippen molar-refractivity contribution >= 4 is 24.4 Å². The topological polar surface area (TPSA) is 72.3 Å². The van der Waals surface area contributed by atoms with Gasteiger partial charge in [-0.05, 0) is 42.0 Å². The number of aromatic nitrogens is 3. The fraction of sp³-hybridized carbons (Fsp3) is 0.0588. The summed E-state index contributed by atoms with van der Waals surface area (Å²) in [7, 11) is 1.32. The van der Waals surface area contributed by atoms with Gasteiger partial charge in [-0.3, -0.25) is 0 Å². The van der Waals surface area contributed by atoms with Crippen LogP contribution in [0.15, 0.2) is 53.6 Å². The van der Waals surface area contributed by atoms with Crippen LogP contribution < -0.4 is 0 Å². The Morgan fingerprint density at radius 2 is 2.00 bits per heavy atom. The average molecular weight is 356 g/mol. The molecule has 0 atom stereocenters. The highest BCUT2D eigenvalue weighted by Crippen LogP contribution is 2.20. The van der Waals surface area contributed by atoms with Crippen molar-refractivity contribution in [2.45, 2.75) is 0 Å². The van der Waals surface area contributed by atoms with Crippen LogP contribution in [0.5, 0.6) is 0 Å². The van der Waals surface area contributed by atoms with E-state index in [9.17, 15) is 9.18 Å². The Labute approximate surface area is 147 Å². The van der Waals surface area contributed by atoms with E-state index >= 15 is 0 Å². The van der Waals surface area contributed by atoms with Crippen LogP contribution in [-0.2, 0) is 4.74 Å². The predicted molar refractivity (Wildman–Crippen MR) is 93.6 cm³/mol. The number of halogens is 1. The lowest BCUT2D eigenvalue weighted by molar-refractivity contribution is 0.0600. The molecule has 25 heavy (non-hydrogen) atoms. The number of carbonyl (C=O) groups is 1. The van der Waals surface area contributed by atoms with Gasteiger partial charge in [0, 0.05) is 0 Å². The quantitative estimate of drug-likeness (QED) is 0.442. The molecule has 3 aromatic rings. The summed E-state index contributed by atoms with van der Waals surface area (Å²) in [5, 5.41) is 10.9. The van der Waals surface area contributed by atoms with Gasteiger partial charge in [-0.1, -0.05) is 24.3 Å². The van der Waals surface area contributed by atoms with Crippen LogP contribution in [-0.4, -0.2) is 34.2 Å². The number of aromatic amines is 1. The fourth-order valence-corrected chi connectivity index (χ4v) is 2.34. The highest BCUT2D eigenvalue weighted by atomic mass is 32.1. The Morgan fingerprint density at radius 1 is 1.28 bits per heavy atom. The summed E-state index contributed by atoms with van der Waals surface area (Å²) in [6.45, 7) is 0. The van der Waals surface area contributed by atoms with Gasteiger partial charge in [0.1, 0.15) is 5.82 Å². The molecule has 6 nitrogen and oxygen atoms in total. The molecular weight excluding hydrogens is 343 g/mol. The fourth-order valence-electron chi connectivity index (χ4n) is 2.16. The van der Waals surface area contributed by atoms with Crippen LogP contribution in [0, 0.1) is 10.6 Å². The lowest BCUT2D eigenvalue weighted by Crippen LogP contribution is -2.01. The van der Waals surface area contributed by atoms with E-state index in [1.54, 1.807) is 42.5 Å². The van der Waals surface area contributed by atoms with Gasteiger partial charge >= 0.3 is 5.97 Å². The number of methoxy groups -OCH3 is 1. The molecule has 126 valence electrons. The number of H-pyrrole nitrogens is 1. The van der Waals surface area contributed by atoms with Crippen LogP contribution in [0.1, 0.15) is 15.9 Å². The first kappa shape index (κ1) is 16.7. The predicted octanol–water partition coefficient (Wildman–Crippen LogP) is 3.42. The number of hydrogen-bond donors (Lipinski definition) is 1. The molecule has 0 aliphatic rings. The monoisotopic (exact) mass is 356 g/mol. The van der Waals surface area contributed by atoms with Crippen molar-refractivity contribution < 1.29 is 13.9 Å². The molecule has 1 N–H and O–H groups in total. The second-order valence-corrected chi connectivity index (χ2v) is 5.39. The summed E-state index contributed by atoms with van der Waals surface area (Å²) < 4.78 is 20.2. The molecule has 0 amide bonds. The molecule has 0 saturated heterocycles. The summed E-state index contributed by atoms with van der Waals surface area (Å²) in [5.74, 6) is -0.566. The summed E-state index contributed by atoms with van der Waals surface area (Å²) in [5.41, 5.74) is 1.45. The van der Waals surface area contributed by atoms with Crippen molar-refractivity contribution in [2.75, 3.05) is 7.11 Å². The maximum Gasteiger partial charge on any atom is 0.337 e. The normalized spacial score (nSPS) is 11.0. The zero-order chi connectivity index (χ0) is 17.8. The highest BCUT2D eigenvalue weighted by molar-refractivity contribution is 7.71. The number of esters is 1. The van der Waals surface area contributed by atoms with Crippen LogP contribution in [0.25, 0.3) is 11.4 Å². The Morgan fingerprint density at radius 3 is 2.68 bits per heavy atom. The molecule has 0 saturated carbocycles. The van der Waals surface area contributed by atoms with Crippen molar-refractivity contribution in [2.24, 2.45) is 5.10 Å². The van der Waals surface area contributed by atoms with E-state index in [2.05, 4.69) is 20.0 Å². The number of hydrogen-bond acceptors (Lipinski definition) is 5. The van der Waals surface area contributed by atoms with E-state index in [0.717, 1.165) is 5.56 Å².